The Kier molecular flexibility index (Phi) is 7.99. The van der Waals surface area contributed by atoms with E-state index in [9.17, 15) is 4.79 Å². The van der Waals surface area contributed by atoms with E-state index in [0.29, 0.717) is 16.0 Å². The van der Waals surface area contributed by atoms with Crippen LogP contribution in [0.3, 0.4) is 0 Å². The number of aromatic nitrogens is 3. The van der Waals surface area contributed by atoms with Gasteiger partial charge in [0.2, 0.25) is 0 Å². The summed E-state index contributed by atoms with van der Waals surface area (Å²) >= 11 is 10.8. The first-order chi connectivity index (χ1) is 16.5. The maximum atomic E-state index is 12.4. The molecule has 0 unspecified atom stereocenters. The van der Waals surface area contributed by atoms with Crippen LogP contribution < -0.4 is 10.2 Å². The molecule has 0 aliphatic carbocycles. The van der Waals surface area contributed by atoms with E-state index in [-0.39, 0.29) is 11.7 Å². The minimum absolute atomic E-state index is 0.115. The average molecular weight is 557 g/mol. The highest BCUT2D eigenvalue weighted by atomic mass is 79.9. The van der Waals surface area contributed by atoms with Gasteiger partial charge in [-0.3, -0.25) is 9.36 Å². The summed E-state index contributed by atoms with van der Waals surface area (Å²) in [7, 11) is 1.62. The van der Waals surface area contributed by atoms with Crippen molar-refractivity contribution in [3.05, 3.63) is 87.9 Å². The predicted octanol–water partition coefficient (Wildman–Crippen LogP) is 5.60. The molecule has 0 radical (unpaired) electrons. The number of rotatable bonds is 8. The molecule has 4 rings (SSSR count). The molecule has 0 spiro atoms. The van der Waals surface area contributed by atoms with Gasteiger partial charge in [-0.2, -0.15) is 5.10 Å². The zero-order chi connectivity index (χ0) is 23.9. The number of ether oxygens (including phenoxy) is 1. The number of thioether (sulfide) groups is 1. The molecule has 1 N–H and O–H groups in total. The third-order valence-corrected chi connectivity index (χ3v) is 6.32. The van der Waals surface area contributed by atoms with Crippen LogP contribution in [0, 0.1) is 0 Å². The van der Waals surface area contributed by atoms with Gasteiger partial charge < -0.3 is 4.74 Å². The van der Waals surface area contributed by atoms with Crippen molar-refractivity contribution in [3.63, 3.8) is 0 Å². The molecule has 0 aliphatic rings. The summed E-state index contributed by atoms with van der Waals surface area (Å²) in [5.74, 6) is 1.24. The zero-order valence-corrected chi connectivity index (χ0v) is 21.1. The number of methoxy groups -OCH3 is 1. The van der Waals surface area contributed by atoms with Gasteiger partial charge in [0.05, 0.1) is 19.1 Å². The minimum Gasteiger partial charge on any atom is -0.497 e. The van der Waals surface area contributed by atoms with Crippen molar-refractivity contribution in [3.8, 4) is 22.8 Å². The van der Waals surface area contributed by atoms with E-state index in [2.05, 4.69) is 36.7 Å². The second kappa shape index (κ2) is 11.3. The lowest BCUT2D eigenvalue weighted by molar-refractivity contribution is -0.118. The maximum Gasteiger partial charge on any atom is 0.250 e. The molecule has 0 fully saturated rings. The molecule has 10 heteroatoms. The number of carbonyl (C=O) groups excluding carboxylic acids is 1. The Balaban J connectivity index is 1.52. The Morgan fingerprint density at radius 2 is 1.91 bits per heavy atom. The molecule has 34 heavy (non-hydrogen) atoms. The summed E-state index contributed by atoms with van der Waals surface area (Å²) in [6, 6.07) is 22.5. The van der Waals surface area contributed by atoms with Gasteiger partial charge in [0.1, 0.15) is 5.75 Å². The summed E-state index contributed by atoms with van der Waals surface area (Å²) in [6.07, 6.45) is 1.59. The highest BCUT2D eigenvalue weighted by Gasteiger charge is 2.17. The molecule has 1 amide bonds. The molecule has 0 saturated heterocycles. The van der Waals surface area contributed by atoms with Crippen molar-refractivity contribution in [1.29, 1.82) is 0 Å². The molecular weight excluding hydrogens is 538 g/mol. The van der Waals surface area contributed by atoms with Crippen molar-refractivity contribution in [2.24, 2.45) is 5.10 Å². The largest absolute Gasteiger partial charge is 0.497 e. The van der Waals surface area contributed by atoms with Gasteiger partial charge in [0.25, 0.3) is 5.91 Å². The van der Waals surface area contributed by atoms with Crippen LogP contribution in [0.25, 0.3) is 17.1 Å². The first-order valence-corrected chi connectivity index (χ1v) is 12.2. The first kappa shape index (κ1) is 24.0. The van der Waals surface area contributed by atoms with Gasteiger partial charge >= 0.3 is 0 Å². The normalized spacial score (nSPS) is 11.0. The molecule has 0 atom stereocenters. The number of benzene rings is 3. The number of nitrogens with zero attached hydrogens (tertiary/aromatic N) is 4. The molecule has 3 aromatic carbocycles. The zero-order valence-electron chi connectivity index (χ0n) is 18.0. The number of hydrogen-bond donors (Lipinski definition) is 1. The molecule has 1 heterocycles. The van der Waals surface area contributed by atoms with Crippen LogP contribution in [-0.2, 0) is 4.79 Å². The van der Waals surface area contributed by atoms with E-state index in [1.54, 1.807) is 25.5 Å². The Morgan fingerprint density at radius 1 is 1.15 bits per heavy atom. The fraction of sp³-hybridized carbons (Fsp3) is 0.0833. The van der Waals surface area contributed by atoms with Crippen molar-refractivity contribution in [1.82, 2.24) is 20.2 Å². The molecule has 0 bridgehead atoms. The van der Waals surface area contributed by atoms with Crippen LogP contribution in [0.1, 0.15) is 5.56 Å². The molecule has 172 valence electrons. The van der Waals surface area contributed by atoms with Crippen LogP contribution in [0.4, 0.5) is 0 Å². The molecule has 0 aliphatic heterocycles. The van der Waals surface area contributed by atoms with E-state index in [1.807, 2.05) is 65.2 Å². The fourth-order valence-corrected chi connectivity index (χ4v) is 4.33. The van der Waals surface area contributed by atoms with Crippen LogP contribution in [-0.4, -0.2) is 39.7 Å². The Bertz CT molecular complexity index is 1310. The quantitative estimate of drug-likeness (QED) is 0.174. The SMILES string of the molecule is COc1ccc(-c2nnc(SCC(=O)N/N=C\c3cccc(Br)c3)n2-c2ccc(Cl)cc2)cc1. The van der Waals surface area contributed by atoms with Crippen molar-refractivity contribution in [2.75, 3.05) is 12.9 Å². The van der Waals surface area contributed by atoms with E-state index in [1.165, 1.54) is 11.8 Å². The molecule has 0 saturated carbocycles. The number of amides is 1. The van der Waals surface area contributed by atoms with Crippen molar-refractivity contribution >= 4 is 51.4 Å². The second-order valence-corrected chi connectivity index (χ2v) is 9.28. The second-order valence-electron chi connectivity index (χ2n) is 6.98. The average Bonchev–Trinajstić information content (AvgIpc) is 3.27. The smallest absolute Gasteiger partial charge is 0.250 e. The lowest BCUT2D eigenvalue weighted by Gasteiger charge is -2.11. The van der Waals surface area contributed by atoms with E-state index >= 15 is 0 Å². The predicted molar refractivity (Wildman–Crippen MR) is 139 cm³/mol. The lowest BCUT2D eigenvalue weighted by Crippen LogP contribution is -2.20. The number of hydrazone groups is 1. The minimum atomic E-state index is -0.257. The number of nitrogens with one attached hydrogen (secondary N) is 1. The van der Waals surface area contributed by atoms with Gasteiger partial charge in [-0.25, -0.2) is 5.43 Å². The molecular formula is C24H19BrClN5O2S. The summed E-state index contributed by atoms with van der Waals surface area (Å²) < 4.78 is 8.08. The van der Waals surface area contributed by atoms with E-state index in [0.717, 1.165) is 27.0 Å². The van der Waals surface area contributed by atoms with E-state index < -0.39 is 0 Å². The summed E-state index contributed by atoms with van der Waals surface area (Å²) in [4.78, 5) is 12.4. The standard InChI is InChI=1S/C24H19BrClN5O2S/c1-33-21-11-5-17(6-12-21)23-29-30-24(31(23)20-9-7-19(26)8-10-20)34-15-22(32)28-27-14-16-3-2-4-18(25)13-16/h2-14H,15H2,1H3,(H,28,32)/b27-14-. The Morgan fingerprint density at radius 3 is 2.62 bits per heavy atom. The Hall–Kier alpha value is -3.14. The van der Waals surface area contributed by atoms with Crippen molar-refractivity contribution < 1.29 is 9.53 Å². The van der Waals surface area contributed by atoms with E-state index in [4.69, 9.17) is 16.3 Å². The highest BCUT2D eigenvalue weighted by molar-refractivity contribution is 9.10. The van der Waals surface area contributed by atoms with Crippen LogP contribution >= 0.6 is 39.3 Å². The maximum absolute atomic E-state index is 12.4. The van der Waals surface area contributed by atoms with Gasteiger partial charge in [-0.1, -0.05) is 51.4 Å². The third-order valence-electron chi connectivity index (χ3n) is 4.65. The first-order valence-electron chi connectivity index (χ1n) is 10.1. The fourth-order valence-electron chi connectivity index (χ4n) is 3.04. The topological polar surface area (TPSA) is 81.4 Å². The van der Waals surface area contributed by atoms with Crippen LogP contribution in [0.15, 0.2) is 87.5 Å². The highest BCUT2D eigenvalue weighted by Crippen LogP contribution is 2.29. The van der Waals surface area contributed by atoms with Gasteiger partial charge in [-0.15, -0.1) is 10.2 Å². The van der Waals surface area contributed by atoms with Gasteiger partial charge in [0.15, 0.2) is 11.0 Å². The van der Waals surface area contributed by atoms with Crippen LogP contribution in [0.2, 0.25) is 5.02 Å². The summed E-state index contributed by atoms with van der Waals surface area (Å²) in [5, 5.41) is 13.9. The Labute approximate surface area is 214 Å². The monoisotopic (exact) mass is 555 g/mol. The summed E-state index contributed by atoms with van der Waals surface area (Å²) in [6.45, 7) is 0. The van der Waals surface area contributed by atoms with Crippen LogP contribution in [0.5, 0.6) is 5.75 Å². The van der Waals surface area contributed by atoms with Gasteiger partial charge in [0, 0.05) is 20.7 Å². The number of hydrogen-bond acceptors (Lipinski definition) is 6. The third kappa shape index (κ3) is 6.05. The number of halogens is 2. The van der Waals surface area contributed by atoms with Gasteiger partial charge in [-0.05, 0) is 66.2 Å². The van der Waals surface area contributed by atoms with Crippen molar-refractivity contribution in [2.45, 2.75) is 5.16 Å². The number of carbonyl (C=O) groups is 1. The molecule has 1 aromatic heterocycles. The summed E-state index contributed by atoms with van der Waals surface area (Å²) in [5.41, 5.74) is 5.10. The molecule has 7 nitrogen and oxygen atoms in total. The lowest BCUT2D eigenvalue weighted by atomic mass is 10.2. The molecule has 4 aromatic rings.